The highest BCUT2D eigenvalue weighted by molar-refractivity contribution is 5.90. The molecule has 1 atom stereocenters. The lowest BCUT2D eigenvalue weighted by Crippen LogP contribution is -2.43. The predicted octanol–water partition coefficient (Wildman–Crippen LogP) is 2.75. The number of nitrogens with zero attached hydrogens (tertiary/aromatic N) is 3. The van der Waals surface area contributed by atoms with E-state index in [0.29, 0.717) is 13.0 Å². The monoisotopic (exact) mass is 298 g/mol. The summed E-state index contributed by atoms with van der Waals surface area (Å²) in [5.74, 6) is 1.00. The van der Waals surface area contributed by atoms with Gasteiger partial charge in [-0.15, -0.1) is 0 Å². The Labute approximate surface area is 130 Å². The summed E-state index contributed by atoms with van der Waals surface area (Å²) in [5, 5.41) is 4.43. The maximum absolute atomic E-state index is 12.2. The van der Waals surface area contributed by atoms with Crippen LogP contribution in [0.2, 0.25) is 0 Å². The lowest BCUT2D eigenvalue weighted by molar-refractivity contribution is -0.131. The Morgan fingerprint density at radius 2 is 2.05 bits per heavy atom. The van der Waals surface area contributed by atoms with Crippen molar-refractivity contribution in [3.63, 3.8) is 0 Å². The number of hydrogen-bond acceptors (Lipinski definition) is 4. The van der Waals surface area contributed by atoms with Crippen LogP contribution in [0.5, 0.6) is 0 Å². The minimum Gasteiger partial charge on any atom is -0.364 e. The van der Waals surface area contributed by atoms with Crippen molar-refractivity contribution in [1.82, 2.24) is 14.9 Å². The van der Waals surface area contributed by atoms with Gasteiger partial charge in [-0.3, -0.25) is 4.79 Å². The van der Waals surface area contributed by atoms with Crippen molar-refractivity contribution in [2.75, 3.05) is 11.9 Å². The third kappa shape index (κ3) is 2.75. The normalized spacial score (nSPS) is 19.0. The fourth-order valence-corrected chi connectivity index (χ4v) is 2.93. The minimum absolute atomic E-state index is 0.0883. The highest BCUT2D eigenvalue weighted by atomic mass is 16.2. The number of anilines is 1. The SMILES string of the molecule is Cc1ccc2ncnc(NC3CC(=O)N(C(C)(C)C)C3)c2c1. The molecule has 2 aromatic rings. The van der Waals surface area contributed by atoms with Crippen LogP contribution in [0.15, 0.2) is 24.5 Å². The van der Waals surface area contributed by atoms with Crippen molar-refractivity contribution in [2.24, 2.45) is 0 Å². The summed E-state index contributed by atoms with van der Waals surface area (Å²) in [6.07, 6.45) is 2.08. The van der Waals surface area contributed by atoms with Crippen LogP contribution in [0, 0.1) is 6.92 Å². The standard InChI is InChI=1S/C17H22N4O/c1-11-5-6-14-13(7-11)16(19-10-18-14)20-12-8-15(22)21(9-12)17(2,3)4/h5-7,10,12H,8-9H2,1-4H3,(H,18,19,20). The summed E-state index contributed by atoms with van der Waals surface area (Å²) in [6.45, 7) is 8.96. The van der Waals surface area contributed by atoms with E-state index in [1.54, 1.807) is 6.33 Å². The molecule has 22 heavy (non-hydrogen) atoms. The lowest BCUT2D eigenvalue weighted by Gasteiger charge is -2.32. The zero-order chi connectivity index (χ0) is 15.9. The Kier molecular flexibility index (Phi) is 3.51. The average molecular weight is 298 g/mol. The van der Waals surface area contributed by atoms with Crippen LogP contribution >= 0.6 is 0 Å². The number of fused-ring (bicyclic) bond motifs is 1. The van der Waals surface area contributed by atoms with E-state index >= 15 is 0 Å². The molecule has 1 amide bonds. The molecule has 3 rings (SSSR count). The summed E-state index contributed by atoms with van der Waals surface area (Å²) in [5.41, 5.74) is 1.95. The van der Waals surface area contributed by atoms with Gasteiger partial charge >= 0.3 is 0 Å². The van der Waals surface area contributed by atoms with Gasteiger partial charge in [-0.05, 0) is 39.8 Å². The molecule has 0 aliphatic carbocycles. The van der Waals surface area contributed by atoms with E-state index in [4.69, 9.17) is 0 Å². The van der Waals surface area contributed by atoms with Gasteiger partial charge in [-0.2, -0.15) is 0 Å². The third-order valence-electron chi connectivity index (χ3n) is 4.07. The molecule has 0 spiro atoms. The van der Waals surface area contributed by atoms with Crippen LogP contribution in [0.1, 0.15) is 32.8 Å². The lowest BCUT2D eigenvalue weighted by atomic mass is 10.1. The topological polar surface area (TPSA) is 58.1 Å². The molecular formula is C17H22N4O. The molecule has 1 N–H and O–H groups in total. The average Bonchev–Trinajstić information content (AvgIpc) is 2.80. The van der Waals surface area contributed by atoms with Crippen molar-refractivity contribution in [3.05, 3.63) is 30.1 Å². The van der Waals surface area contributed by atoms with Crippen molar-refractivity contribution >= 4 is 22.6 Å². The number of hydrogen-bond donors (Lipinski definition) is 1. The number of carbonyl (C=O) groups is 1. The molecule has 1 aliphatic heterocycles. The van der Waals surface area contributed by atoms with E-state index in [1.807, 2.05) is 17.0 Å². The van der Waals surface area contributed by atoms with Crippen LogP contribution in [0.4, 0.5) is 5.82 Å². The highest BCUT2D eigenvalue weighted by Crippen LogP contribution is 2.26. The first-order valence-electron chi connectivity index (χ1n) is 7.63. The molecule has 0 bridgehead atoms. The summed E-state index contributed by atoms with van der Waals surface area (Å²) in [4.78, 5) is 22.8. The first kappa shape index (κ1) is 14.8. The Morgan fingerprint density at radius 3 is 2.73 bits per heavy atom. The smallest absolute Gasteiger partial charge is 0.225 e. The Bertz CT molecular complexity index is 720. The van der Waals surface area contributed by atoms with Crippen molar-refractivity contribution in [1.29, 1.82) is 0 Å². The van der Waals surface area contributed by atoms with Crippen molar-refractivity contribution in [3.8, 4) is 0 Å². The molecule has 1 saturated heterocycles. The molecule has 1 aliphatic rings. The van der Waals surface area contributed by atoms with Gasteiger partial charge < -0.3 is 10.2 Å². The summed E-state index contributed by atoms with van der Waals surface area (Å²) in [7, 11) is 0. The highest BCUT2D eigenvalue weighted by Gasteiger charge is 2.36. The molecule has 116 valence electrons. The molecule has 1 unspecified atom stereocenters. The molecule has 2 heterocycles. The summed E-state index contributed by atoms with van der Waals surface area (Å²) >= 11 is 0. The van der Waals surface area contributed by atoms with E-state index < -0.39 is 0 Å². The largest absolute Gasteiger partial charge is 0.364 e. The Morgan fingerprint density at radius 1 is 1.27 bits per heavy atom. The fourth-order valence-electron chi connectivity index (χ4n) is 2.93. The van der Waals surface area contributed by atoms with Gasteiger partial charge in [-0.25, -0.2) is 9.97 Å². The Balaban J connectivity index is 1.86. The first-order chi connectivity index (χ1) is 10.3. The molecule has 5 heteroatoms. The maximum atomic E-state index is 12.2. The van der Waals surface area contributed by atoms with Gasteiger partial charge in [0.25, 0.3) is 0 Å². The minimum atomic E-state index is -0.141. The number of aryl methyl sites for hydroxylation is 1. The number of benzene rings is 1. The zero-order valence-electron chi connectivity index (χ0n) is 13.6. The van der Waals surface area contributed by atoms with Crippen molar-refractivity contribution in [2.45, 2.75) is 45.7 Å². The van der Waals surface area contributed by atoms with E-state index in [9.17, 15) is 4.79 Å². The van der Waals surface area contributed by atoms with Crippen LogP contribution < -0.4 is 5.32 Å². The van der Waals surface area contributed by atoms with E-state index in [0.717, 1.165) is 16.7 Å². The number of nitrogens with one attached hydrogen (secondary N) is 1. The fraction of sp³-hybridized carbons (Fsp3) is 0.471. The molecule has 1 aromatic heterocycles. The van der Waals surface area contributed by atoms with Crippen LogP contribution in [-0.4, -0.2) is 38.9 Å². The van der Waals surface area contributed by atoms with Gasteiger partial charge in [0.2, 0.25) is 5.91 Å². The summed E-state index contributed by atoms with van der Waals surface area (Å²) < 4.78 is 0. The van der Waals surface area contributed by atoms with Crippen LogP contribution in [0.3, 0.4) is 0 Å². The number of likely N-dealkylation sites (tertiary alicyclic amines) is 1. The molecule has 5 nitrogen and oxygen atoms in total. The van der Waals surface area contributed by atoms with E-state index in [-0.39, 0.29) is 17.5 Å². The molecule has 1 aromatic carbocycles. The Hall–Kier alpha value is -2.17. The number of rotatable bonds is 2. The predicted molar refractivity (Wildman–Crippen MR) is 87.8 cm³/mol. The van der Waals surface area contributed by atoms with Crippen LogP contribution in [0.25, 0.3) is 10.9 Å². The van der Waals surface area contributed by atoms with E-state index in [1.165, 1.54) is 5.56 Å². The molecule has 1 fully saturated rings. The number of carbonyl (C=O) groups excluding carboxylic acids is 1. The van der Waals surface area contributed by atoms with Crippen LogP contribution in [-0.2, 0) is 4.79 Å². The van der Waals surface area contributed by atoms with Gasteiger partial charge in [0, 0.05) is 23.9 Å². The van der Waals surface area contributed by atoms with Gasteiger partial charge in [0.05, 0.1) is 11.6 Å². The van der Waals surface area contributed by atoms with Gasteiger partial charge in [0.1, 0.15) is 12.1 Å². The van der Waals surface area contributed by atoms with Crippen molar-refractivity contribution < 1.29 is 4.79 Å². The second-order valence-electron chi connectivity index (χ2n) is 6.96. The maximum Gasteiger partial charge on any atom is 0.225 e. The molecule has 0 radical (unpaired) electrons. The summed E-state index contributed by atoms with van der Waals surface area (Å²) in [6, 6.07) is 6.21. The molecule has 0 saturated carbocycles. The number of aromatic nitrogens is 2. The van der Waals surface area contributed by atoms with Gasteiger partial charge in [-0.1, -0.05) is 11.6 Å². The quantitative estimate of drug-likeness (QED) is 0.926. The molecular weight excluding hydrogens is 276 g/mol. The second kappa shape index (κ2) is 5.23. The number of amides is 1. The zero-order valence-corrected chi connectivity index (χ0v) is 13.6. The second-order valence-corrected chi connectivity index (χ2v) is 6.96. The van der Waals surface area contributed by atoms with E-state index in [2.05, 4.69) is 49.0 Å². The first-order valence-corrected chi connectivity index (χ1v) is 7.63. The van der Waals surface area contributed by atoms with Gasteiger partial charge in [0.15, 0.2) is 0 Å². The third-order valence-corrected chi connectivity index (χ3v) is 4.07.